The summed E-state index contributed by atoms with van der Waals surface area (Å²) in [7, 11) is 0. The van der Waals surface area contributed by atoms with Gasteiger partial charge in [-0.1, -0.05) is 37.5 Å². The van der Waals surface area contributed by atoms with Crippen molar-refractivity contribution < 1.29 is 18.7 Å². The second kappa shape index (κ2) is 8.84. The highest BCUT2D eigenvalue weighted by molar-refractivity contribution is 5.99. The molecule has 1 atom stereocenters. The van der Waals surface area contributed by atoms with E-state index in [-0.39, 0.29) is 11.2 Å². The SMILES string of the molecule is CCCCCOc1ccc(C2NC(=O)c3oc4ccc(C)cc4c(=O)c32)cc1OCC. The number of benzene rings is 2. The van der Waals surface area contributed by atoms with Gasteiger partial charge in [-0.05, 0) is 50.1 Å². The lowest BCUT2D eigenvalue weighted by molar-refractivity contribution is 0.0938. The van der Waals surface area contributed by atoms with E-state index in [2.05, 4.69) is 12.2 Å². The number of ether oxygens (including phenoxy) is 2. The van der Waals surface area contributed by atoms with E-state index in [1.54, 1.807) is 12.1 Å². The second-order valence-corrected chi connectivity index (χ2v) is 7.77. The lowest BCUT2D eigenvalue weighted by Gasteiger charge is -2.16. The molecule has 1 amide bonds. The van der Waals surface area contributed by atoms with Crippen LogP contribution in [0.1, 0.15) is 66.4 Å². The van der Waals surface area contributed by atoms with E-state index in [4.69, 9.17) is 13.9 Å². The summed E-state index contributed by atoms with van der Waals surface area (Å²) in [6.45, 7) is 7.07. The topological polar surface area (TPSA) is 77.8 Å². The molecule has 6 heteroatoms. The molecule has 0 spiro atoms. The summed E-state index contributed by atoms with van der Waals surface area (Å²) in [5.74, 6) is 0.939. The lowest BCUT2D eigenvalue weighted by atomic mass is 9.98. The van der Waals surface area contributed by atoms with E-state index in [1.165, 1.54) is 0 Å². The van der Waals surface area contributed by atoms with Gasteiger partial charge in [-0.25, -0.2) is 0 Å². The van der Waals surface area contributed by atoms with Gasteiger partial charge in [0.05, 0.1) is 30.2 Å². The highest BCUT2D eigenvalue weighted by Crippen LogP contribution is 2.36. The third-order valence-corrected chi connectivity index (χ3v) is 5.46. The number of unbranched alkanes of at least 4 members (excludes halogenated alkanes) is 2. The highest BCUT2D eigenvalue weighted by Gasteiger charge is 2.36. The number of rotatable bonds is 8. The van der Waals surface area contributed by atoms with Crippen molar-refractivity contribution in [2.24, 2.45) is 0 Å². The van der Waals surface area contributed by atoms with Crippen molar-refractivity contribution in [3.8, 4) is 11.5 Å². The van der Waals surface area contributed by atoms with E-state index < -0.39 is 11.9 Å². The fourth-order valence-electron chi connectivity index (χ4n) is 3.90. The van der Waals surface area contributed by atoms with Gasteiger partial charge in [-0.2, -0.15) is 0 Å². The largest absolute Gasteiger partial charge is 0.490 e. The van der Waals surface area contributed by atoms with Crippen LogP contribution in [-0.2, 0) is 0 Å². The number of carbonyl (C=O) groups excluding carboxylic acids is 1. The predicted molar refractivity (Wildman–Crippen MR) is 119 cm³/mol. The summed E-state index contributed by atoms with van der Waals surface area (Å²) in [5.41, 5.74) is 2.26. The number of carbonyl (C=O) groups is 1. The maximum absolute atomic E-state index is 13.3. The van der Waals surface area contributed by atoms with Crippen LogP contribution >= 0.6 is 0 Å². The summed E-state index contributed by atoms with van der Waals surface area (Å²) in [6.07, 6.45) is 3.21. The fraction of sp³-hybridized carbons (Fsp3) is 0.360. The van der Waals surface area contributed by atoms with Gasteiger partial charge in [0.1, 0.15) is 5.58 Å². The Bertz CT molecular complexity index is 1180. The lowest BCUT2D eigenvalue weighted by Crippen LogP contribution is -2.22. The Morgan fingerprint density at radius 1 is 1.00 bits per heavy atom. The van der Waals surface area contributed by atoms with Crippen LogP contribution in [0.15, 0.2) is 45.6 Å². The van der Waals surface area contributed by atoms with Gasteiger partial charge in [-0.15, -0.1) is 0 Å². The molecule has 0 saturated carbocycles. The van der Waals surface area contributed by atoms with Gasteiger partial charge < -0.3 is 19.2 Å². The molecule has 1 aliphatic rings. The fourth-order valence-corrected chi connectivity index (χ4v) is 3.90. The third kappa shape index (κ3) is 4.02. The summed E-state index contributed by atoms with van der Waals surface area (Å²) in [6, 6.07) is 10.3. The number of aryl methyl sites for hydroxylation is 1. The Hall–Kier alpha value is -3.28. The van der Waals surface area contributed by atoms with Crippen molar-refractivity contribution in [1.82, 2.24) is 5.32 Å². The van der Waals surface area contributed by atoms with Gasteiger partial charge in [0.2, 0.25) is 5.76 Å². The Morgan fingerprint density at radius 3 is 2.61 bits per heavy atom. The number of amides is 1. The average Bonchev–Trinajstić information content (AvgIpc) is 3.09. The summed E-state index contributed by atoms with van der Waals surface area (Å²) < 4.78 is 17.5. The first-order chi connectivity index (χ1) is 15.0. The molecule has 162 valence electrons. The van der Waals surface area contributed by atoms with E-state index in [0.29, 0.717) is 41.2 Å². The van der Waals surface area contributed by atoms with Crippen LogP contribution in [0.25, 0.3) is 11.0 Å². The third-order valence-electron chi connectivity index (χ3n) is 5.46. The van der Waals surface area contributed by atoms with Crippen molar-refractivity contribution in [2.45, 2.75) is 46.1 Å². The monoisotopic (exact) mass is 421 g/mol. The standard InChI is InChI=1S/C25H27NO5/c1-4-6-7-12-30-19-11-9-16(14-20(19)29-5-2)22-21-23(27)17-13-15(3)8-10-18(17)31-24(21)25(28)26-22/h8-11,13-14,22H,4-7,12H2,1-3H3,(H,26,28). The minimum atomic E-state index is -0.600. The first-order valence-corrected chi connectivity index (χ1v) is 10.8. The van der Waals surface area contributed by atoms with Crippen LogP contribution < -0.4 is 20.2 Å². The molecule has 1 unspecified atom stereocenters. The van der Waals surface area contributed by atoms with Crippen molar-refractivity contribution in [2.75, 3.05) is 13.2 Å². The molecule has 0 bridgehead atoms. The minimum absolute atomic E-state index is 0.0733. The zero-order valence-electron chi connectivity index (χ0n) is 18.1. The molecule has 0 fully saturated rings. The number of hydrogen-bond donors (Lipinski definition) is 1. The Labute approximate surface area is 181 Å². The second-order valence-electron chi connectivity index (χ2n) is 7.77. The molecule has 0 saturated heterocycles. The molecule has 0 aliphatic carbocycles. The molecule has 0 radical (unpaired) electrons. The normalized spacial score (nSPS) is 15.1. The smallest absolute Gasteiger partial charge is 0.288 e. The quantitative estimate of drug-likeness (QED) is 0.523. The van der Waals surface area contributed by atoms with Crippen LogP contribution in [0.5, 0.6) is 11.5 Å². The van der Waals surface area contributed by atoms with Crippen LogP contribution in [-0.4, -0.2) is 19.1 Å². The summed E-state index contributed by atoms with van der Waals surface area (Å²) in [4.78, 5) is 25.9. The molecule has 1 N–H and O–H groups in total. The molecule has 3 aromatic rings. The van der Waals surface area contributed by atoms with Gasteiger partial charge >= 0.3 is 0 Å². The molecular formula is C25H27NO5. The first kappa shape index (κ1) is 21.0. The van der Waals surface area contributed by atoms with Gasteiger partial charge in [0.25, 0.3) is 5.91 Å². The predicted octanol–water partition coefficient (Wildman–Crippen LogP) is 4.90. The highest BCUT2D eigenvalue weighted by atomic mass is 16.5. The molecule has 2 aromatic carbocycles. The van der Waals surface area contributed by atoms with E-state index in [1.807, 2.05) is 38.1 Å². The number of nitrogens with one attached hydrogen (secondary N) is 1. The molecule has 1 aliphatic heterocycles. The Morgan fingerprint density at radius 2 is 1.84 bits per heavy atom. The van der Waals surface area contributed by atoms with Crippen molar-refractivity contribution in [1.29, 1.82) is 0 Å². The molecule has 31 heavy (non-hydrogen) atoms. The zero-order chi connectivity index (χ0) is 22.0. The van der Waals surface area contributed by atoms with E-state index in [9.17, 15) is 9.59 Å². The minimum Gasteiger partial charge on any atom is -0.490 e. The Kier molecular flexibility index (Phi) is 5.98. The van der Waals surface area contributed by atoms with Gasteiger partial charge in [-0.3, -0.25) is 9.59 Å². The Balaban J connectivity index is 1.73. The zero-order valence-corrected chi connectivity index (χ0v) is 18.1. The molecule has 2 heterocycles. The maximum atomic E-state index is 13.3. The van der Waals surface area contributed by atoms with Crippen molar-refractivity contribution >= 4 is 16.9 Å². The van der Waals surface area contributed by atoms with Crippen LogP contribution in [0.2, 0.25) is 0 Å². The number of hydrogen-bond acceptors (Lipinski definition) is 5. The molecular weight excluding hydrogens is 394 g/mol. The summed E-state index contributed by atoms with van der Waals surface area (Å²) in [5, 5.41) is 3.36. The molecule has 1 aromatic heterocycles. The van der Waals surface area contributed by atoms with Crippen molar-refractivity contribution in [3.05, 3.63) is 69.1 Å². The molecule has 6 nitrogen and oxygen atoms in total. The van der Waals surface area contributed by atoms with E-state index in [0.717, 1.165) is 30.4 Å². The van der Waals surface area contributed by atoms with Crippen LogP contribution in [0.4, 0.5) is 0 Å². The van der Waals surface area contributed by atoms with E-state index >= 15 is 0 Å². The number of fused-ring (bicyclic) bond motifs is 2. The summed E-state index contributed by atoms with van der Waals surface area (Å²) >= 11 is 0. The van der Waals surface area contributed by atoms with Crippen LogP contribution in [0, 0.1) is 6.92 Å². The van der Waals surface area contributed by atoms with Gasteiger partial charge in [0.15, 0.2) is 16.9 Å². The first-order valence-electron chi connectivity index (χ1n) is 10.8. The van der Waals surface area contributed by atoms with Gasteiger partial charge in [0, 0.05) is 0 Å². The van der Waals surface area contributed by atoms with Crippen LogP contribution in [0.3, 0.4) is 0 Å². The maximum Gasteiger partial charge on any atom is 0.288 e. The van der Waals surface area contributed by atoms with Crippen molar-refractivity contribution in [3.63, 3.8) is 0 Å². The molecule has 4 rings (SSSR count). The average molecular weight is 421 g/mol.